The van der Waals surface area contributed by atoms with Crippen LogP contribution in [0.3, 0.4) is 0 Å². The van der Waals surface area contributed by atoms with Crippen LogP contribution in [0.5, 0.6) is 0 Å². The Morgan fingerprint density at radius 2 is 0.727 bits per heavy atom. The summed E-state index contributed by atoms with van der Waals surface area (Å²) in [6.45, 7) is 0. The molecule has 0 atom stereocenters. The molecular formula is C63H41ClN2. The van der Waals surface area contributed by atoms with Crippen molar-refractivity contribution in [3.63, 3.8) is 0 Å². The second-order valence-electron chi connectivity index (χ2n) is 17.4. The third kappa shape index (κ3) is 5.89. The fraction of sp³-hybridized carbons (Fsp3) is 0.0159. The summed E-state index contributed by atoms with van der Waals surface area (Å²) in [7, 11) is 0. The summed E-state index contributed by atoms with van der Waals surface area (Å²) >= 11 is 6.75. The Labute approximate surface area is 389 Å². The summed E-state index contributed by atoms with van der Waals surface area (Å²) in [5.41, 5.74) is 18.6. The average molecular weight is 861 g/mol. The minimum absolute atomic E-state index is 0.419. The molecule has 0 aromatic heterocycles. The van der Waals surface area contributed by atoms with Crippen LogP contribution in [0.25, 0.3) is 54.9 Å². The van der Waals surface area contributed by atoms with E-state index in [1.807, 2.05) is 18.2 Å². The predicted molar refractivity (Wildman–Crippen MR) is 278 cm³/mol. The zero-order chi connectivity index (χ0) is 43.8. The highest BCUT2D eigenvalue weighted by atomic mass is 35.5. The highest BCUT2D eigenvalue weighted by Crippen LogP contribution is 2.63. The van der Waals surface area contributed by atoms with Crippen LogP contribution in [0.2, 0.25) is 5.02 Å². The highest BCUT2D eigenvalue weighted by Gasteiger charge is 2.51. The van der Waals surface area contributed by atoms with E-state index in [1.54, 1.807) is 0 Å². The smallest absolute Gasteiger partial charge is 0.0725 e. The number of hydrogen-bond acceptors (Lipinski definition) is 2. The predicted octanol–water partition coefficient (Wildman–Crippen LogP) is 17.6. The lowest BCUT2D eigenvalue weighted by Gasteiger charge is -2.32. The molecule has 0 saturated carbocycles. The van der Waals surface area contributed by atoms with Crippen LogP contribution in [0.15, 0.2) is 249 Å². The number of halogens is 1. The van der Waals surface area contributed by atoms with Crippen LogP contribution in [-0.2, 0) is 5.41 Å². The summed E-state index contributed by atoms with van der Waals surface area (Å²) in [6.07, 6.45) is 0. The molecule has 0 radical (unpaired) electrons. The number of benzene rings is 11. The Morgan fingerprint density at radius 3 is 1.41 bits per heavy atom. The van der Waals surface area contributed by atoms with Gasteiger partial charge in [0, 0.05) is 39.1 Å². The van der Waals surface area contributed by atoms with Crippen molar-refractivity contribution in [1.82, 2.24) is 0 Å². The van der Waals surface area contributed by atoms with Crippen molar-refractivity contribution in [3.05, 3.63) is 276 Å². The van der Waals surface area contributed by atoms with Gasteiger partial charge in [-0.2, -0.15) is 0 Å². The van der Waals surface area contributed by atoms with E-state index >= 15 is 0 Å². The van der Waals surface area contributed by atoms with Gasteiger partial charge in [0.1, 0.15) is 0 Å². The molecule has 2 nitrogen and oxygen atoms in total. The zero-order valence-corrected chi connectivity index (χ0v) is 36.7. The van der Waals surface area contributed by atoms with E-state index in [4.69, 9.17) is 11.6 Å². The molecule has 310 valence electrons. The number of nitrogens with zero attached hydrogens (tertiary/aromatic N) is 2. The molecule has 1 spiro atoms. The molecule has 11 aromatic carbocycles. The fourth-order valence-corrected chi connectivity index (χ4v) is 11.3. The maximum atomic E-state index is 6.75. The van der Waals surface area contributed by atoms with Crippen molar-refractivity contribution in [2.75, 3.05) is 9.80 Å². The fourth-order valence-electron chi connectivity index (χ4n) is 11.1. The maximum absolute atomic E-state index is 6.75. The van der Waals surface area contributed by atoms with Crippen molar-refractivity contribution in [1.29, 1.82) is 0 Å². The van der Waals surface area contributed by atoms with Crippen molar-refractivity contribution in [2.45, 2.75) is 5.41 Å². The SMILES string of the molecule is Clc1cccc(N(c2ccc(-c3ccccc3)cc2)c2cccc(N(c3ccc4c(c3)-c3ccccc3C43c4ccccc4-c4ccccc43)c3ccc4ccc5ccccc5c4c3)c2)c1. The lowest BCUT2D eigenvalue weighted by molar-refractivity contribution is 0.794. The molecule has 0 bridgehead atoms. The van der Waals surface area contributed by atoms with Crippen LogP contribution < -0.4 is 9.80 Å². The van der Waals surface area contributed by atoms with Crippen molar-refractivity contribution < 1.29 is 0 Å². The summed E-state index contributed by atoms with van der Waals surface area (Å²) in [4.78, 5) is 4.73. The lowest BCUT2D eigenvalue weighted by Crippen LogP contribution is -2.25. The molecular weight excluding hydrogens is 820 g/mol. The van der Waals surface area contributed by atoms with E-state index in [9.17, 15) is 0 Å². The Hall–Kier alpha value is -8.17. The topological polar surface area (TPSA) is 6.48 Å². The molecule has 3 heteroatoms. The lowest BCUT2D eigenvalue weighted by atomic mass is 9.70. The van der Waals surface area contributed by atoms with Crippen molar-refractivity contribution >= 4 is 67.3 Å². The number of rotatable bonds is 7. The first kappa shape index (κ1) is 38.3. The third-order valence-electron chi connectivity index (χ3n) is 13.9. The normalized spacial score (nSPS) is 12.7. The second kappa shape index (κ2) is 15.2. The molecule has 13 rings (SSSR count). The quantitative estimate of drug-likeness (QED) is 0.147. The van der Waals surface area contributed by atoms with Crippen LogP contribution in [0.4, 0.5) is 34.1 Å². The van der Waals surface area contributed by atoms with Crippen molar-refractivity contribution in [3.8, 4) is 33.4 Å². The molecule has 0 unspecified atom stereocenters. The largest absolute Gasteiger partial charge is 0.310 e. The van der Waals surface area contributed by atoms with Gasteiger partial charge < -0.3 is 9.80 Å². The van der Waals surface area contributed by atoms with E-state index in [0.29, 0.717) is 5.02 Å². The van der Waals surface area contributed by atoms with Gasteiger partial charge in [-0.25, -0.2) is 0 Å². The third-order valence-corrected chi connectivity index (χ3v) is 14.1. The first-order chi connectivity index (χ1) is 32.6. The van der Waals surface area contributed by atoms with Gasteiger partial charge in [-0.15, -0.1) is 0 Å². The van der Waals surface area contributed by atoms with Crippen LogP contribution in [0, 0.1) is 0 Å². The summed E-state index contributed by atoms with van der Waals surface area (Å²) < 4.78 is 0. The number of hydrogen-bond donors (Lipinski definition) is 0. The standard InChI is InChI=1S/C63H41ClN2/c64-46-17-12-18-48(38-46)65(47-33-30-43(31-34-47)42-14-2-1-3-15-42)49-19-13-20-50(39-49)66(51-35-32-45-29-28-44-16-4-5-21-53(44)57(45)40-51)52-36-37-62-58(41-52)56-24-8-11-27-61(56)63(62)59-25-9-6-22-54(59)55-23-7-10-26-60(55)63/h1-41H. The maximum Gasteiger partial charge on any atom is 0.0725 e. The second-order valence-corrected chi connectivity index (χ2v) is 17.8. The molecule has 11 aromatic rings. The Morgan fingerprint density at radius 1 is 0.273 bits per heavy atom. The van der Waals surface area contributed by atoms with Crippen LogP contribution in [0.1, 0.15) is 22.3 Å². The molecule has 66 heavy (non-hydrogen) atoms. The molecule has 0 heterocycles. The molecule has 0 amide bonds. The summed E-state index contributed by atoms with van der Waals surface area (Å²) in [6, 6.07) is 90.7. The first-order valence-corrected chi connectivity index (χ1v) is 23.0. The molecule has 2 aliphatic rings. The summed E-state index contributed by atoms with van der Waals surface area (Å²) in [5.74, 6) is 0. The first-order valence-electron chi connectivity index (χ1n) is 22.6. The molecule has 0 saturated heterocycles. The minimum atomic E-state index is -0.419. The Bertz CT molecular complexity index is 3640. The van der Waals surface area contributed by atoms with E-state index in [2.05, 4.69) is 240 Å². The van der Waals surface area contributed by atoms with Gasteiger partial charge in [-0.3, -0.25) is 0 Å². The number of fused-ring (bicyclic) bond motifs is 13. The van der Waals surface area contributed by atoms with Gasteiger partial charge in [-0.05, 0) is 150 Å². The van der Waals surface area contributed by atoms with E-state index in [1.165, 1.54) is 77.2 Å². The average Bonchev–Trinajstić information content (AvgIpc) is 3.84. The molecule has 2 aliphatic carbocycles. The van der Waals surface area contributed by atoms with Crippen LogP contribution >= 0.6 is 11.6 Å². The van der Waals surface area contributed by atoms with E-state index in [0.717, 1.165) is 34.1 Å². The van der Waals surface area contributed by atoms with Gasteiger partial charge in [0.2, 0.25) is 0 Å². The van der Waals surface area contributed by atoms with Gasteiger partial charge >= 0.3 is 0 Å². The Kier molecular flexibility index (Phi) is 8.84. The van der Waals surface area contributed by atoms with Gasteiger partial charge in [-0.1, -0.05) is 188 Å². The van der Waals surface area contributed by atoms with Crippen molar-refractivity contribution in [2.24, 2.45) is 0 Å². The molecule has 0 N–H and O–H groups in total. The minimum Gasteiger partial charge on any atom is -0.310 e. The van der Waals surface area contributed by atoms with E-state index < -0.39 is 5.41 Å². The highest BCUT2D eigenvalue weighted by molar-refractivity contribution is 6.30. The van der Waals surface area contributed by atoms with E-state index in [-0.39, 0.29) is 0 Å². The molecule has 0 fully saturated rings. The number of anilines is 6. The van der Waals surface area contributed by atoms with Gasteiger partial charge in [0.05, 0.1) is 5.41 Å². The van der Waals surface area contributed by atoms with Gasteiger partial charge in [0.15, 0.2) is 0 Å². The zero-order valence-electron chi connectivity index (χ0n) is 35.9. The molecule has 0 aliphatic heterocycles. The van der Waals surface area contributed by atoms with Crippen LogP contribution in [-0.4, -0.2) is 0 Å². The Balaban J connectivity index is 1.02. The van der Waals surface area contributed by atoms with Gasteiger partial charge in [0.25, 0.3) is 0 Å². The monoisotopic (exact) mass is 860 g/mol. The summed E-state index contributed by atoms with van der Waals surface area (Å²) in [5, 5.41) is 5.57.